The van der Waals surface area contributed by atoms with Crippen molar-refractivity contribution < 1.29 is 4.79 Å². The van der Waals surface area contributed by atoms with Crippen molar-refractivity contribution in [3.63, 3.8) is 0 Å². The predicted octanol–water partition coefficient (Wildman–Crippen LogP) is 3.51. The van der Waals surface area contributed by atoms with Crippen molar-refractivity contribution in [2.45, 2.75) is 19.3 Å². The molecule has 1 aliphatic rings. The summed E-state index contributed by atoms with van der Waals surface area (Å²) in [6.45, 7) is 1.95. The van der Waals surface area contributed by atoms with Crippen LogP contribution in [-0.2, 0) is 11.8 Å². The summed E-state index contributed by atoms with van der Waals surface area (Å²) in [5.41, 5.74) is 2.94. The number of rotatable bonds is 1. The molecule has 1 unspecified atom stereocenters. The van der Waals surface area contributed by atoms with Crippen molar-refractivity contribution in [3.8, 4) is 0 Å². The number of aryl methyl sites for hydroxylation is 2. The third kappa shape index (κ3) is 2.09. The standard InChI is InChI=1S/C14H13Cl2N3O/c1-7-13-9(8-3-4-10(15)11(16)5-8)6-12(20)17-14(13)19(2)18-7/h3-5,9H,6H2,1-2H3,(H,17,20). The molecule has 104 valence electrons. The molecule has 1 amide bonds. The van der Waals surface area contributed by atoms with Gasteiger partial charge in [-0.15, -0.1) is 0 Å². The van der Waals surface area contributed by atoms with Crippen LogP contribution < -0.4 is 5.32 Å². The minimum Gasteiger partial charge on any atom is -0.311 e. The number of carbonyl (C=O) groups is 1. The molecule has 1 N–H and O–H groups in total. The maximum absolute atomic E-state index is 11.9. The van der Waals surface area contributed by atoms with Gasteiger partial charge in [0, 0.05) is 24.9 Å². The Bertz CT molecular complexity index is 709. The van der Waals surface area contributed by atoms with Crippen LogP contribution in [0.2, 0.25) is 10.0 Å². The fraction of sp³-hybridized carbons (Fsp3) is 0.286. The SMILES string of the molecule is Cc1nn(C)c2c1C(c1ccc(Cl)c(Cl)c1)CC(=O)N2. The molecule has 0 saturated carbocycles. The normalized spacial score (nSPS) is 17.8. The number of nitrogens with zero attached hydrogens (tertiary/aromatic N) is 2. The van der Waals surface area contributed by atoms with Crippen LogP contribution in [0.25, 0.3) is 0 Å². The molecule has 2 aromatic rings. The second-order valence-electron chi connectivity index (χ2n) is 4.95. The Balaban J connectivity index is 2.15. The summed E-state index contributed by atoms with van der Waals surface area (Å²) in [7, 11) is 1.82. The van der Waals surface area contributed by atoms with E-state index < -0.39 is 0 Å². The molecule has 0 radical (unpaired) electrons. The summed E-state index contributed by atoms with van der Waals surface area (Å²) >= 11 is 12.0. The summed E-state index contributed by atoms with van der Waals surface area (Å²) in [6, 6.07) is 5.49. The van der Waals surface area contributed by atoms with E-state index in [0.29, 0.717) is 16.5 Å². The largest absolute Gasteiger partial charge is 0.311 e. The summed E-state index contributed by atoms with van der Waals surface area (Å²) < 4.78 is 1.70. The van der Waals surface area contributed by atoms with Crippen molar-refractivity contribution >= 4 is 34.9 Å². The number of nitrogens with one attached hydrogen (secondary N) is 1. The van der Waals surface area contributed by atoms with Crippen LogP contribution in [0.3, 0.4) is 0 Å². The zero-order valence-corrected chi connectivity index (χ0v) is 12.6. The number of aromatic nitrogens is 2. The molecular formula is C14H13Cl2N3O. The highest BCUT2D eigenvalue weighted by atomic mass is 35.5. The second-order valence-corrected chi connectivity index (χ2v) is 5.76. The van der Waals surface area contributed by atoms with Crippen LogP contribution in [0.1, 0.15) is 29.2 Å². The maximum atomic E-state index is 11.9. The predicted molar refractivity (Wildman–Crippen MR) is 79.5 cm³/mol. The molecule has 3 rings (SSSR count). The number of benzene rings is 1. The molecule has 0 aliphatic carbocycles. The highest BCUT2D eigenvalue weighted by Crippen LogP contribution is 2.40. The number of amides is 1. The Labute approximate surface area is 126 Å². The molecule has 0 bridgehead atoms. The molecule has 20 heavy (non-hydrogen) atoms. The first kappa shape index (κ1) is 13.5. The van der Waals surface area contributed by atoms with Crippen LogP contribution in [-0.4, -0.2) is 15.7 Å². The summed E-state index contributed by atoms with van der Waals surface area (Å²) in [6.07, 6.45) is 0.386. The number of hydrogen-bond acceptors (Lipinski definition) is 2. The molecule has 1 aromatic heterocycles. The van der Waals surface area contributed by atoms with Gasteiger partial charge < -0.3 is 5.32 Å². The minimum atomic E-state index is -0.0396. The van der Waals surface area contributed by atoms with Gasteiger partial charge in [0.2, 0.25) is 5.91 Å². The molecule has 6 heteroatoms. The number of anilines is 1. The Hall–Kier alpha value is -1.52. The monoisotopic (exact) mass is 309 g/mol. The van der Waals surface area contributed by atoms with E-state index >= 15 is 0 Å². The number of halogens is 2. The van der Waals surface area contributed by atoms with Gasteiger partial charge in [0.05, 0.1) is 15.7 Å². The number of carbonyl (C=O) groups excluding carboxylic acids is 1. The summed E-state index contributed by atoms with van der Waals surface area (Å²) in [4.78, 5) is 11.9. The van der Waals surface area contributed by atoms with Crippen molar-refractivity contribution in [1.82, 2.24) is 9.78 Å². The summed E-state index contributed by atoms with van der Waals surface area (Å²) in [5, 5.41) is 8.27. The van der Waals surface area contributed by atoms with Gasteiger partial charge in [-0.05, 0) is 24.6 Å². The molecular weight excluding hydrogens is 297 g/mol. The highest BCUT2D eigenvalue weighted by Gasteiger charge is 2.31. The van der Waals surface area contributed by atoms with Crippen molar-refractivity contribution in [1.29, 1.82) is 0 Å². The van der Waals surface area contributed by atoms with Gasteiger partial charge in [0.15, 0.2) is 0 Å². The topological polar surface area (TPSA) is 46.9 Å². The molecule has 1 aromatic carbocycles. The van der Waals surface area contributed by atoms with E-state index in [4.69, 9.17) is 23.2 Å². The van der Waals surface area contributed by atoms with Crippen LogP contribution in [0.4, 0.5) is 5.82 Å². The van der Waals surface area contributed by atoms with Crippen LogP contribution in [0.15, 0.2) is 18.2 Å². The van der Waals surface area contributed by atoms with Crippen LogP contribution in [0.5, 0.6) is 0 Å². The van der Waals surface area contributed by atoms with E-state index in [9.17, 15) is 4.79 Å². The quantitative estimate of drug-likeness (QED) is 0.876. The highest BCUT2D eigenvalue weighted by molar-refractivity contribution is 6.42. The van der Waals surface area contributed by atoms with E-state index in [1.807, 2.05) is 26.1 Å². The Morgan fingerprint density at radius 3 is 2.80 bits per heavy atom. The van der Waals surface area contributed by atoms with E-state index in [1.54, 1.807) is 10.7 Å². The average molecular weight is 310 g/mol. The minimum absolute atomic E-state index is 0.0171. The van der Waals surface area contributed by atoms with Crippen LogP contribution in [0, 0.1) is 6.92 Å². The molecule has 1 atom stereocenters. The zero-order valence-electron chi connectivity index (χ0n) is 11.1. The van der Waals surface area contributed by atoms with Gasteiger partial charge in [-0.2, -0.15) is 5.10 Å². The first-order valence-corrected chi connectivity index (χ1v) is 7.01. The Morgan fingerprint density at radius 1 is 1.35 bits per heavy atom. The third-order valence-corrected chi connectivity index (χ3v) is 4.35. The lowest BCUT2D eigenvalue weighted by Gasteiger charge is -2.24. The van der Waals surface area contributed by atoms with Gasteiger partial charge in [0.25, 0.3) is 0 Å². The molecule has 1 aliphatic heterocycles. The third-order valence-electron chi connectivity index (χ3n) is 3.61. The average Bonchev–Trinajstić information content (AvgIpc) is 2.67. The van der Waals surface area contributed by atoms with E-state index in [0.717, 1.165) is 22.6 Å². The molecule has 2 heterocycles. The zero-order chi connectivity index (χ0) is 14.4. The fourth-order valence-electron chi connectivity index (χ4n) is 2.72. The Morgan fingerprint density at radius 2 is 2.10 bits per heavy atom. The fourth-order valence-corrected chi connectivity index (χ4v) is 3.03. The van der Waals surface area contributed by atoms with E-state index in [-0.39, 0.29) is 11.8 Å². The van der Waals surface area contributed by atoms with Gasteiger partial charge in [-0.1, -0.05) is 29.3 Å². The molecule has 0 fully saturated rings. The molecule has 0 saturated heterocycles. The van der Waals surface area contributed by atoms with Gasteiger partial charge in [0.1, 0.15) is 5.82 Å². The van der Waals surface area contributed by atoms with Gasteiger partial charge in [-0.25, -0.2) is 0 Å². The first-order valence-electron chi connectivity index (χ1n) is 6.25. The van der Waals surface area contributed by atoms with Gasteiger partial charge >= 0.3 is 0 Å². The molecule has 0 spiro atoms. The van der Waals surface area contributed by atoms with E-state index in [1.165, 1.54) is 0 Å². The van der Waals surface area contributed by atoms with E-state index in [2.05, 4.69) is 10.4 Å². The number of fused-ring (bicyclic) bond motifs is 1. The lowest BCUT2D eigenvalue weighted by Crippen LogP contribution is -2.24. The van der Waals surface area contributed by atoms with Crippen molar-refractivity contribution in [3.05, 3.63) is 45.1 Å². The smallest absolute Gasteiger partial charge is 0.226 e. The Kier molecular flexibility index (Phi) is 3.22. The van der Waals surface area contributed by atoms with Crippen LogP contribution >= 0.6 is 23.2 Å². The number of hydrogen-bond donors (Lipinski definition) is 1. The second kappa shape index (κ2) is 4.79. The lowest BCUT2D eigenvalue weighted by molar-refractivity contribution is -0.116. The summed E-state index contributed by atoms with van der Waals surface area (Å²) in [5.74, 6) is 0.702. The lowest BCUT2D eigenvalue weighted by atomic mass is 9.86. The molecule has 4 nitrogen and oxygen atoms in total. The maximum Gasteiger partial charge on any atom is 0.226 e. The first-order chi connectivity index (χ1) is 9.47. The van der Waals surface area contributed by atoms with Gasteiger partial charge in [-0.3, -0.25) is 9.48 Å². The van der Waals surface area contributed by atoms with Crippen molar-refractivity contribution in [2.24, 2.45) is 7.05 Å². The van der Waals surface area contributed by atoms with Crippen molar-refractivity contribution in [2.75, 3.05) is 5.32 Å².